The average molecular weight is 240 g/mol. The summed E-state index contributed by atoms with van der Waals surface area (Å²) < 4.78 is 28.4. The summed E-state index contributed by atoms with van der Waals surface area (Å²) in [4.78, 5) is 12.2. The Balaban J connectivity index is 0. The number of nitrogens with one attached hydrogen (secondary N) is 1. The van der Waals surface area contributed by atoms with Crippen molar-refractivity contribution < 1.29 is 17.8 Å². The molecule has 92 valence electrons. The van der Waals surface area contributed by atoms with Crippen LogP contribution in [0, 0.1) is 0 Å². The van der Waals surface area contributed by atoms with Crippen molar-refractivity contribution in [3.63, 3.8) is 0 Å². The summed E-state index contributed by atoms with van der Waals surface area (Å²) in [6, 6.07) is 0. The molecule has 15 heavy (non-hydrogen) atoms. The standard InChI is InChI=1S/C6H15N.C2H5NO4S/c1-4-7(5-2)6-3;1-2(4)3-8(5,6)7/h4-6H2,1-3H3;1H3,(H,3,4)(H,5,6,7). The maximum absolute atomic E-state index is 9.81. The highest BCUT2D eigenvalue weighted by Gasteiger charge is 2.02. The van der Waals surface area contributed by atoms with Crippen LogP contribution in [-0.4, -0.2) is 43.4 Å². The highest BCUT2D eigenvalue weighted by Crippen LogP contribution is 1.81. The normalized spacial score (nSPS) is 10.5. The van der Waals surface area contributed by atoms with Gasteiger partial charge in [0, 0.05) is 6.92 Å². The maximum Gasteiger partial charge on any atom is 0.359 e. The molecule has 1 amide bonds. The van der Waals surface area contributed by atoms with Gasteiger partial charge in [0.15, 0.2) is 0 Å². The third-order valence-corrected chi connectivity index (χ3v) is 2.16. The Bertz CT molecular complexity index is 254. The summed E-state index contributed by atoms with van der Waals surface area (Å²) in [6.07, 6.45) is 0. The quantitative estimate of drug-likeness (QED) is 0.689. The van der Waals surface area contributed by atoms with E-state index in [4.69, 9.17) is 4.55 Å². The zero-order chi connectivity index (χ0) is 12.5. The zero-order valence-corrected chi connectivity index (χ0v) is 10.5. The van der Waals surface area contributed by atoms with Crippen molar-refractivity contribution in [1.82, 2.24) is 9.62 Å². The first kappa shape index (κ1) is 16.8. The molecule has 0 atom stereocenters. The summed E-state index contributed by atoms with van der Waals surface area (Å²) in [6.45, 7) is 11.1. The molecule has 0 spiro atoms. The van der Waals surface area contributed by atoms with Gasteiger partial charge in [-0.25, -0.2) is 4.72 Å². The Morgan fingerprint density at radius 3 is 1.53 bits per heavy atom. The molecule has 0 rings (SSSR count). The van der Waals surface area contributed by atoms with Gasteiger partial charge in [-0.3, -0.25) is 9.35 Å². The number of amides is 1. The van der Waals surface area contributed by atoms with Gasteiger partial charge in [-0.15, -0.1) is 0 Å². The van der Waals surface area contributed by atoms with Crippen molar-refractivity contribution in [2.45, 2.75) is 27.7 Å². The summed E-state index contributed by atoms with van der Waals surface area (Å²) in [5.74, 6) is -0.812. The van der Waals surface area contributed by atoms with Crippen molar-refractivity contribution in [3.8, 4) is 0 Å². The monoisotopic (exact) mass is 240 g/mol. The van der Waals surface area contributed by atoms with Gasteiger partial charge < -0.3 is 4.90 Å². The first-order valence-electron chi connectivity index (χ1n) is 4.74. The second-order valence-corrected chi connectivity index (χ2v) is 3.91. The van der Waals surface area contributed by atoms with E-state index in [0.29, 0.717) is 0 Å². The van der Waals surface area contributed by atoms with Gasteiger partial charge >= 0.3 is 10.3 Å². The lowest BCUT2D eigenvalue weighted by Gasteiger charge is -2.13. The fourth-order valence-electron chi connectivity index (χ4n) is 0.852. The van der Waals surface area contributed by atoms with Crippen LogP contribution in [0.5, 0.6) is 0 Å². The Hall–Kier alpha value is -0.660. The van der Waals surface area contributed by atoms with Crippen molar-refractivity contribution in [1.29, 1.82) is 0 Å². The number of carbonyl (C=O) groups excluding carboxylic acids is 1. The Kier molecular flexibility index (Phi) is 9.64. The molecule has 0 heterocycles. The molecule has 6 nitrogen and oxygen atoms in total. The molecular formula is C8H20N2O4S. The van der Waals surface area contributed by atoms with E-state index in [-0.39, 0.29) is 0 Å². The smallest absolute Gasteiger partial charge is 0.304 e. The highest BCUT2D eigenvalue weighted by molar-refractivity contribution is 7.84. The van der Waals surface area contributed by atoms with Crippen LogP contribution in [0.4, 0.5) is 0 Å². The van der Waals surface area contributed by atoms with E-state index in [0.717, 1.165) is 6.92 Å². The number of rotatable bonds is 4. The van der Waals surface area contributed by atoms with Crippen molar-refractivity contribution in [2.75, 3.05) is 19.6 Å². The Labute approximate surface area is 91.5 Å². The molecule has 0 saturated heterocycles. The van der Waals surface area contributed by atoms with Crippen LogP contribution in [0.3, 0.4) is 0 Å². The Morgan fingerprint density at radius 1 is 1.20 bits per heavy atom. The van der Waals surface area contributed by atoms with Gasteiger partial charge in [-0.2, -0.15) is 8.42 Å². The molecule has 0 unspecified atom stereocenters. The molecule has 0 aromatic carbocycles. The van der Waals surface area contributed by atoms with Crippen LogP contribution < -0.4 is 4.72 Å². The molecule has 0 aliphatic rings. The molecule has 0 aliphatic carbocycles. The van der Waals surface area contributed by atoms with E-state index in [9.17, 15) is 13.2 Å². The SMILES string of the molecule is CC(=O)NS(=O)(=O)O.CCN(CC)CC. The number of hydrogen-bond acceptors (Lipinski definition) is 4. The van der Waals surface area contributed by atoms with E-state index in [1.54, 1.807) is 0 Å². The largest absolute Gasteiger partial charge is 0.359 e. The van der Waals surface area contributed by atoms with Gasteiger partial charge in [0.2, 0.25) is 5.91 Å². The van der Waals surface area contributed by atoms with Crippen LogP contribution in [0.1, 0.15) is 27.7 Å². The van der Waals surface area contributed by atoms with E-state index >= 15 is 0 Å². The lowest BCUT2D eigenvalue weighted by atomic mass is 10.5. The number of carbonyl (C=O) groups is 1. The molecule has 0 aromatic heterocycles. The van der Waals surface area contributed by atoms with Crippen LogP contribution in [0.25, 0.3) is 0 Å². The number of nitrogens with zero attached hydrogens (tertiary/aromatic N) is 1. The van der Waals surface area contributed by atoms with E-state index in [1.165, 1.54) is 24.4 Å². The van der Waals surface area contributed by atoms with Gasteiger partial charge in [0.25, 0.3) is 0 Å². The first-order chi connectivity index (χ1) is 6.76. The van der Waals surface area contributed by atoms with Gasteiger partial charge in [-0.05, 0) is 19.6 Å². The van der Waals surface area contributed by atoms with Crippen molar-refractivity contribution in [2.24, 2.45) is 0 Å². The lowest BCUT2D eigenvalue weighted by molar-refractivity contribution is -0.117. The molecule has 0 bridgehead atoms. The van der Waals surface area contributed by atoms with Crippen LogP contribution in [0.2, 0.25) is 0 Å². The second-order valence-electron chi connectivity index (χ2n) is 2.75. The zero-order valence-electron chi connectivity index (χ0n) is 9.65. The molecular weight excluding hydrogens is 220 g/mol. The average Bonchev–Trinajstić information content (AvgIpc) is 2.03. The van der Waals surface area contributed by atoms with Crippen LogP contribution >= 0.6 is 0 Å². The molecule has 0 aliphatic heterocycles. The minimum atomic E-state index is -4.32. The van der Waals surface area contributed by atoms with Crippen LogP contribution in [0.15, 0.2) is 0 Å². The molecule has 0 fully saturated rings. The highest BCUT2D eigenvalue weighted by atomic mass is 32.2. The summed E-state index contributed by atoms with van der Waals surface area (Å²) in [5.41, 5.74) is 0. The Morgan fingerprint density at radius 2 is 1.53 bits per heavy atom. The third kappa shape index (κ3) is 16.0. The van der Waals surface area contributed by atoms with E-state index < -0.39 is 16.2 Å². The predicted molar refractivity (Wildman–Crippen MR) is 58.8 cm³/mol. The summed E-state index contributed by atoms with van der Waals surface area (Å²) in [7, 11) is -4.32. The van der Waals surface area contributed by atoms with Gasteiger partial charge in [-0.1, -0.05) is 20.8 Å². The minimum absolute atomic E-state index is 0.812. The topological polar surface area (TPSA) is 86.7 Å². The molecule has 0 radical (unpaired) electrons. The first-order valence-corrected chi connectivity index (χ1v) is 6.18. The fourth-order valence-corrected chi connectivity index (χ4v) is 1.22. The lowest BCUT2D eigenvalue weighted by Crippen LogP contribution is -2.26. The van der Waals surface area contributed by atoms with Crippen molar-refractivity contribution >= 4 is 16.2 Å². The predicted octanol–water partition coefficient (Wildman–Crippen LogP) is 0.273. The maximum atomic E-state index is 9.81. The summed E-state index contributed by atoms with van der Waals surface area (Å²) in [5, 5.41) is 0. The minimum Gasteiger partial charge on any atom is -0.304 e. The van der Waals surface area contributed by atoms with Gasteiger partial charge in [0.05, 0.1) is 0 Å². The number of hydrogen-bond donors (Lipinski definition) is 2. The molecule has 0 aromatic rings. The molecule has 2 N–H and O–H groups in total. The molecule has 0 saturated carbocycles. The molecule has 7 heteroatoms. The fraction of sp³-hybridized carbons (Fsp3) is 0.875. The van der Waals surface area contributed by atoms with Crippen molar-refractivity contribution in [3.05, 3.63) is 0 Å². The van der Waals surface area contributed by atoms with Crippen LogP contribution in [-0.2, 0) is 15.1 Å². The van der Waals surface area contributed by atoms with Gasteiger partial charge in [0.1, 0.15) is 0 Å². The van der Waals surface area contributed by atoms with E-state index in [2.05, 4.69) is 25.7 Å². The second kappa shape index (κ2) is 8.63. The van der Waals surface area contributed by atoms with E-state index in [1.807, 2.05) is 0 Å². The third-order valence-electron chi connectivity index (χ3n) is 1.61. The summed E-state index contributed by atoms with van der Waals surface area (Å²) >= 11 is 0.